The smallest absolute Gasteiger partial charge is 0.202 e. The minimum atomic E-state index is -0.467. The molecule has 0 N–H and O–H groups in total. The molecule has 3 heteroatoms. The van der Waals surface area contributed by atoms with Crippen LogP contribution in [0, 0.1) is 11.3 Å². The Balaban J connectivity index is 1.84. The summed E-state index contributed by atoms with van der Waals surface area (Å²) in [6.07, 6.45) is 8.40. The lowest BCUT2D eigenvalue weighted by Gasteiger charge is -2.38. The summed E-state index contributed by atoms with van der Waals surface area (Å²) in [5.74, 6) is 0.801. The summed E-state index contributed by atoms with van der Waals surface area (Å²) >= 11 is 1.86. The summed E-state index contributed by atoms with van der Waals surface area (Å²) < 4.78 is 7.66. The first-order valence-corrected chi connectivity index (χ1v) is 9.47. The van der Waals surface area contributed by atoms with E-state index < -0.39 is 9.76 Å². The van der Waals surface area contributed by atoms with Crippen LogP contribution in [0.2, 0.25) is 0 Å². The third kappa shape index (κ3) is 4.21. The fourth-order valence-corrected chi connectivity index (χ4v) is 5.61. The molecule has 102 valence electrons. The molecule has 0 aliphatic heterocycles. The predicted molar refractivity (Wildman–Crippen MR) is 83.4 cm³/mol. The zero-order valence-electron chi connectivity index (χ0n) is 11.8. The molecular weight excluding hydrogens is 256 g/mol. The van der Waals surface area contributed by atoms with Crippen molar-refractivity contribution in [3.63, 3.8) is 0 Å². The number of thiophene rings is 1. The first-order valence-electron chi connectivity index (χ1n) is 7.30. The van der Waals surface area contributed by atoms with Crippen molar-refractivity contribution >= 4 is 25.6 Å². The standard InChI is InChI=1S/C15H26OSSi/c1-13(2)11-15(8-4-3-5-9-15)12-16-18-14-7-6-10-17-14/h6-7,10,13H,3-5,8-9,11-12,18H2,1-2H3. The van der Waals surface area contributed by atoms with Crippen molar-refractivity contribution in [3.8, 4) is 0 Å². The van der Waals surface area contributed by atoms with E-state index in [1.54, 1.807) is 0 Å². The summed E-state index contributed by atoms with van der Waals surface area (Å²) in [6.45, 7) is 5.73. The Morgan fingerprint density at radius 1 is 1.33 bits per heavy atom. The molecule has 0 aromatic carbocycles. The Kier molecular flexibility index (Phi) is 5.46. The van der Waals surface area contributed by atoms with E-state index in [2.05, 4.69) is 31.4 Å². The van der Waals surface area contributed by atoms with Crippen molar-refractivity contribution in [2.24, 2.45) is 11.3 Å². The van der Waals surface area contributed by atoms with Gasteiger partial charge >= 0.3 is 0 Å². The largest absolute Gasteiger partial charge is 0.417 e. The van der Waals surface area contributed by atoms with E-state index >= 15 is 0 Å². The van der Waals surface area contributed by atoms with Gasteiger partial charge in [0.05, 0.1) is 0 Å². The van der Waals surface area contributed by atoms with Crippen LogP contribution in [-0.2, 0) is 4.43 Å². The number of hydrogen-bond donors (Lipinski definition) is 0. The van der Waals surface area contributed by atoms with Gasteiger partial charge in [0.1, 0.15) is 0 Å². The third-order valence-electron chi connectivity index (χ3n) is 3.99. The summed E-state index contributed by atoms with van der Waals surface area (Å²) in [4.78, 5) is 0. The molecule has 1 fully saturated rings. The molecule has 1 saturated carbocycles. The molecule has 1 heterocycles. The molecule has 0 atom stereocenters. The number of hydrogen-bond acceptors (Lipinski definition) is 2. The van der Waals surface area contributed by atoms with Gasteiger partial charge in [0.2, 0.25) is 9.76 Å². The highest BCUT2D eigenvalue weighted by Crippen LogP contribution is 2.41. The third-order valence-corrected chi connectivity index (χ3v) is 6.50. The molecule has 1 aromatic rings. The minimum absolute atomic E-state index is 0.467. The zero-order valence-corrected chi connectivity index (χ0v) is 14.0. The van der Waals surface area contributed by atoms with Gasteiger partial charge in [-0.2, -0.15) is 11.3 Å². The van der Waals surface area contributed by atoms with E-state index in [0.717, 1.165) is 12.5 Å². The molecule has 1 aromatic heterocycles. The van der Waals surface area contributed by atoms with E-state index in [9.17, 15) is 0 Å². The Bertz CT molecular complexity index is 328. The molecular formula is C15H26OSSi. The highest BCUT2D eigenvalue weighted by Gasteiger charge is 2.32. The van der Waals surface area contributed by atoms with Gasteiger partial charge in [-0.05, 0) is 36.0 Å². The molecule has 1 aliphatic carbocycles. The van der Waals surface area contributed by atoms with E-state index in [0.29, 0.717) is 5.41 Å². The van der Waals surface area contributed by atoms with Crippen LogP contribution in [0.3, 0.4) is 0 Å². The second-order valence-electron chi connectivity index (χ2n) is 6.23. The maximum atomic E-state index is 6.17. The van der Waals surface area contributed by atoms with Crippen LogP contribution in [0.4, 0.5) is 0 Å². The molecule has 0 saturated heterocycles. The van der Waals surface area contributed by atoms with Crippen LogP contribution in [0.25, 0.3) is 0 Å². The van der Waals surface area contributed by atoms with Crippen LogP contribution >= 0.6 is 11.3 Å². The van der Waals surface area contributed by atoms with Crippen LogP contribution in [0.15, 0.2) is 17.5 Å². The Labute approximate surface area is 118 Å². The zero-order chi connectivity index (χ0) is 12.8. The second-order valence-corrected chi connectivity index (χ2v) is 9.23. The van der Waals surface area contributed by atoms with Gasteiger partial charge < -0.3 is 4.43 Å². The van der Waals surface area contributed by atoms with Crippen LogP contribution < -0.4 is 4.50 Å². The van der Waals surface area contributed by atoms with Gasteiger partial charge in [0, 0.05) is 11.1 Å². The van der Waals surface area contributed by atoms with Gasteiger partial charge in [0.15, 0.2) is 0 Å². The van der Waals surface area contributed by atoms with Crippen molar-refractivity contribution in [2.45, 2.75) is 52.4 Å². The Hall–Kier alpha value is -0.123. The highest BCUT2D eigenvalue weighted by atomic mass is 32.1. The summed E-state index contributed by atoms with van der Waals surface area (Å²) in [5, 5.41) is 2.16. The molecule has 0 amide bonds. The van der Waals surface area contributed by atoms with E-state index in [4.69, 9.17) is 4.43 Å². The van der Waals surface area contributed by atoms with Gasteiger partial charge in [0.25, 0.3) is 0 Å². The van der Waals surface area contributed by atoms with Crippen molar-refractivity contribution in [1.29, 1.82) is 0 Å². The molecule has 0 unspecified atom stereocenters. The Morgan fingerprint density at radius 2 is 2.11 bits per heavy atom. The molecule has 1 aliphatic rings. The van der Waals surface area contributed by atoms with E-state index in [-0.39, 0.29) is 0 Å². The quantitative estimate of drug-likeness (QED) is 0.726. The lowest BCUT2D eigenvalue weighted by Crippen LogP contribution is -2.33. The van der Waals surface area contributed by atoms with Crippen LogP contribution in [0.5, 0.6) is 0 Å². The van der Waals surface area contributed by atoms with Gasteiger partial charge in [-0.1, -0.05) is 45.2 Å². The van der Waals surface area contributed by atoms with E-state index in [1.807, 2.05) is 11.3 Å². The van der Waals surface area contributed by atoms with Gasteiger partial charge in [-0.25, -0.2) is 0 Å². The minimum Gasteiger partial charge on any atom is -0.417 e. The molecule has 18 heavy (non-hydrogen) atoms. The molecule has 0 radical (unpaired) electrons. The van der Waals surface area contributed by atoms with Gasteiger partial charge in [-0.15, -0.1) is 0 Å². The summed E-state index contributed by atoms with van der Waals surface area (Å²) in [6, 6.07) is 4.37. The molecule has 0 bridgehead atoms. The van der Waals surface area contributed by atoms with Crippen LogP contribution in [0.1, 0.15) is 52.4 Å². The van der Waals surface area contributed by atoms with Crippen molar-refractivity contribution < 1.29 is 4.43 Å². The summed E-state index contributed by atoms with van der Waals surface area (Å²) in [5.41, 5.74) is 0.511. The average molecular weight is 283 g/mol. The fourth-order valence-electron chi connectivity index (χ4n) is 3.34. The first kappa shape index (κ1) is 14.3. The number of rotatable bonds is 6. The normalized spacial score (nSPS) is 19.9. The summed E-state index contributed by atoms with van der Waals surface area (Å²) in [7, 11) is -0.467. The van der Waals surface area contributed by atoms with Crippen LogP contribution in [-0.4, -0.2) is 16.4 Å². The maximum Gasteiger partial charge on any atom is 0.202 e. The lowest BCUT2D eigenvalue weighted by atomic mass is 9.70. The predicted octanol–water partition coefficient (Wildman–Crippen LogP) is 3.47. The SMILES string of the molecule is CC(C)CC1(CO[SiH2]c2cccs2)CCCCC1. The second kappa shape index (κ2) is 6.87. The van der Waals surface area contributed by atoms with Crippen molar-refractivity contribution in [1.82, 2.24) is 0 Å². The Morgan fingerprint density at radius 3 is 2.72 bits per heavy atom. The first-order chi connectivity index (χ1) is 8.70. The van der Waals surface area contributed by atoms with Crippen molar-refractivity contribution in [2.75, 3.05) is 6.61 Å². The molecule has 2 rings (SSSR count). The molecule has 0 spiro atoms. The average Bonchev–Trinajstić information content (AvgIpc) is 2.82. The molecule has 1 nitrogen and oxygen atoms in total. The highest BCUT2D eigenvalue weighted by molar-refractivity contribution is 7.19. The monoisotopic (exact) mass is 282 g/mol. The lowest BCUT2D eigenvalue weighted by molar-refractivity contribution is 0.0775. The fraction of sp³-hybridized carbons (Fsp3) is 0.733. The van der Waals surface area contributed by atoms with E-state index in [1.165, 1.54) is 43.0 Å². The topological polar surface area (TPSA) is 9.23 Å². The van der Waals surface area contributed by atoms with Gasteiger partial charge in [-0.3, -0.25) is 0 Å². The van der Waals surface area contributed by atoms with Crippen molar-refractivity contribution in [3.05, 3.63) is 17.5 Å². The maximum absolute atomic E-state index is 6.17.